The third kappa shape index (κ3) is 0.709. The Morgan fingerprint density at radius 3 is 2.46 bits per heavy atom. The molecule has 2 spiro atoms. The standard InChI is InChI=1S/C8H9NO4/c10-5-6(11)13-8(12-5)4-7(8)2-1-3-9-7/h9H,1-4H2. The first-order valence-electron chi connectivity index (χ1n) is 4.39. The molecule has 5 heteroatoms. The second kappa shape index (κ2) is 1.87. The lowest BCUT2D eigenvalue weighted by molar-refractivity contribution is -0.150. The van der Waals surface area contributed by atoms with E-state index in [1.165, 1.54) is 0 Å². The number of fused-ring (bicyclic) bond motifs is 1. The average molecular weight is 183 g/mol. The van der Waals surface area contributed by atoms with Crippen LogP contribution in [0.2, 0.25) is 0 Å². The van der Waals surface area contributed by atoms with Gasteiger partial charge in [0.05, 0.1) is 6.42 Å². The number of ether oxygens (including phenoxy) is 2. The Hall–Kier alpha value is -1.10. The first kappa shape index (κ1) is 7.32. The molecular weight excluding hydrogens is 174 g/mol. The fourth-order valence-corrected chi connectivity index (χ4v) is 2.31. The monoisotopic (exact) mass is 183 g/mol. The van der Waals surface area contributed by atoms with Crippen molar-refractivity contribution >= 4 is 11.9 Å². The van der Waals surface area contributed by atoms with Gasteiger partial charge in [0, 0.05) is 0 Å². The number of hydrogen-bond acceptors (Lipinski definition) is 5. The van der Waals surface area contributed by atoms with E-state index < -0.39 is 17.7 Å². The maximum Gasteiger partial charge on any atom is 0.420 e. The molecule has 1 unspecified atom stereocenters. The Balaban J connectivity index is 1.88. The van der Waals surface area contributed by atoms with E-state index in [1.807, 2.05) is 0 Å². The normalized spacial score (nSPS) is 39.7. The summed E-state index contributed by atoms with van der Waals surface area (Å²) in [5.41, 5.74) is -0.255. The summed E-state index contributed by atoms with van der Waals surface area (Å²) in [7, 11) is 0. The molecule has 0 aromatic carbocycles. The summed E-state index contributed by atoms with van der Waals surface area (Å²) in [5.74, 6) is -2.66. The van der Waals surface area contributed by atoms with E-state index in [1.54, 1.807) is 0 Å². The number of carbonyl (C=O) groups is 2. The van der Waals surface area contributed by atoms with Crippen LogP contribution in [0.25, 0.3) is 0 Å². The van der Waals surface area contributed by atoms with Gasteiger partial charge in [-0.25, -0.2) is 9.59 Å². The lowest BCUT2D eigenvalue weighted by atomic mass is 10.2. The van der Waals surface area contributed by atoms with E-state index in [0.29, 0.717) is 6.42 Å². The van der Waals surface area contributed by atoms with Crippen molar-refractivity contribution in [2.75, 3.05) is 6.54 Å². The Kier molecular flexibility index (Phi) is 1.05. The molecule has 13 heavy (non-hydrogen) atoms. The summed E-state index contributed by atoms with van der Waals surface area (Å²) >= 11 is 0. The van der Waals surface area contributed by atoms with Crippen LogP contribution in [0.15, 0.2) is 0 Å². The zero-order chi connectivity index (χ0) is 9.10. The second-order valence-electron chi connectivity index (χ2n) is 3.82. The van der Waals surface area contributed by atoms with Gasteiger partial charge in [0.25, 0.3) is 5.79 Å². The summed E-state index contributed by atoms with van der Waals surface area (Å²) in [6.45, 7) is 0.900. The van der Waals surface area contributed by atoms with Crippen LogP contribution in [0.5, 0.6) is 0 Å². The summed E-state index contributed by atoms with van der Waals surface area (Å²) < 4.78 is 9.87. The summed E-state index contributed by atoms with van der Waals surface area (Å²) in [6.07, 6.45) is 2.56. The van der Waals surface area contributed by atoms with E-state index in [9.17, 15) is 9.59 Å². The van der Waals surface area contributed by atoms with Crippen LogP contribution in [0.1, 0.15) is 19.3 Å². The van der Waals surface area contributed by atoms with Crippen molar-refractivity contribution in [1.29, 1.82) is 0 Å². The van der Waals surface area contributed by atoms with Gasteiger partial charge < -0.3 is 14.8 Å². The summed E-state index contributed by atoms with van der Waals surface area (Å²) in [4.78, 5) is 21.7. The molecule has 1 aliphatic carbocycles. The van der Waals surface area contributed by atoms with Gasteiger partial charge in [0.2, 0.25) is 0 Å². The molecule has 1 atom stereocenters. The molecule has 0 bridgehead atoms. The molecule has 1 saturated carbocycles. The van der Waals surface area contributed by atoms with Crippen LogP contribution in [-0.4, -0.2) is 29.8 Å². The topological polar surface area (TPSA) is 64.6 Å². The highest BCUT2D eigenvalue weighted by Gasteiger charge is 2.78. The SMILES string of the molecule is O=C1OC2(CC23CCCN3)OC1=O. The van der Waals surface area contributed by atoms with Crippen LogP contribution in [-0.2, 0) is 19.1 Å². The van der Waals surface area contributed by atoms with E-state index in [2.05, 4.69) is 5.32 Å². The van der Waals surface area contributed by atoms with Crippen molar-refractivity contribution in [2.24, 2.45) is 0 Å². The highest BCUT2D eigenvalue weighted by Crippen LogP contribution is 2.58. The smallest absolute Gasteiger partial charge is 0.412 e. The molecule has 0 aromatic rings. The van der Waals surface area contributed by atoms with Gasteiger partial charge in [-0.3, -0.25) is 0 Å². The molecule has 0 aromatic heterocycles. The van der Waals surface area contributed by atoms with Gasteiger partial charge >= 0.3 is 11.9 Å². The molecule has 3 rings (SSSR count). The number of esters is 2. The van der Waals surface area contributed by atoms with Crippen LogP contribution in [0, 0.1) is 0 Å². The molecule has 3 fully saturated rings. The highest BCUT2D eigenvalue weighted by atomic mass is 16.8. The van der Waals surface area contributed by atoms with Crippen LogP contribution in [0.3, 0.4) is 0 Å². The minimum atomic E-state index is -0.947. The molecule has 5 nitrogen and oxygen atoms in total. The van der Waals surface area contributed by atoms with Gasteiger partial charge in [-0.05, 0) is 19.4 Å². The minimum Gasteiger partial charge on any atom is -0.412 e. The summed E-state index contributed by atoms with van der Waals surface area (Å²) in [5, 5.41) is 3.23. The molecule has 2 saturated heterocycles. The van der Waals surface area contributed by atoms with E-state index in [4.69, 9.17) is 9.47 Å². The molecular formula is C8H9NO4. The highest BCUT2D eigenvalue weighted by molar-refractivity contribution is 6.31. The largest absolute Gasteiger partial charge is 0.420 e. The molecule has 1 N–H and O–H groups in total. The van der Waals surface area contributed by atoms with E-state index >= 15 is 0 Å². The van der Waals surface area contributed by atoms with Gasteiger partial charge in [-0.1, -0.05) is 0 Å². The Labute approximate surface area is 74.4 Å². The predicted molar refractivity (Wildman–Crippen MR) is 39.5 cm³/mol. The van der Waals surface area contributed by atoms with Gasteiger partial charge in [0.15, 0.2) is 0 Å². The third-order valence-electron chi connectivity index (χ3n) is 3.06. The number of carbonyl (C=O) groups excluding carboxylic acids is 2. The summed E-state index contributed by atoms with van der Waals surface area (Å²) in [6, 6.07) is 0. The van der Waals surface area contributed by atoms with Gasteiger partial charge in [-0.15, -0.1) is 0 Å². The van der Waals surface area contributed by atoms with E-state index in [-0.39, 0.29) is 5.54 Å². The maximum absolute atomic E-state index is 10.8. The molecule has 0 radical (unpaired) electrons. The molecule has 3 aliphatic rings. The predicted octanol–water partition coefficient (Wildman–Crippen LogP) is -0.691. The third-order valence-corrected chi connectivity index (χ3v) is 3.06. The van der Waals surface area contributed by atoms with Gasteiger partial charge in [-0.2, -0.15) is 0 Å². The quantitative estimate of drug-likeness (QED) is 0.397. The molecule has 0 amide bonds. The fraction of sp³-hybridized carbons (Fsp3) is 0.750. The number of rotatable bonds is 0. The Morgan fingerprint density at radius 1 is 1.23 bits per heavy atom. The Morgan fingerprint density at radius 2 is 1.92 bits per heavy atom. The van der Waals surface area contributed by atoms with E-state index in [0.717, 1.165) is 19.4 Å². The lowest BCUT2D eigenvalue weighted by Crippen LogP contribution is -2.35. The van der Waals surface area contributed by atoms with Crippen LogP contribution in [0.4, 0.5) is 0 Å². The van der Waals surface area contributed by atoms with Gasteiger partial charge in [0.1, 0.15) is 5.54 Å². The fourth-order valence-electron chi connectivity index (χ4n) is 2.31. The average Bonchev–Trinajstić information content (AvgIpc) is 2.48. The first-order chi connectivity index (χ1) is 6.18. The zero-order valence-electron chi connectivity index (χ0n) is 6.96. The molecule has 70 valence electrons. The van der Waals surface area contributed by atoms with Crippen molar-refractivity contribution < 1.29 is 19.1 Å². The van der Waals surface area contributed by atoms with Crippen LogP contribution >= 0.6 is 0 Å². The zero-order valence-corrected chi connectivity index (χ0v) is 6.96. The maximum atomic E-state index is 10.8. The minimum absolute atomic E-state index is 0.255. The Bertz CT molecular complexity index is 289. The number of hydrogen-bond donors (Lipinski definition) is 1. The number of nitrogens with one attached hydrogen (secondary N) is 1. The second-order valence-corrected chi connectivity index (χ2v) is 3.82. The van der Waals surface area contributed by atoms with Crippen LogP contribution < -0.4 is 5.32 Å². The molecule has 2 aliphatic heterocycles. The van der Waals surface area contributed by atoms with Crippen molar-refractivity contribution in [3.8, 4) is 0 Å². The lowest BCUT2D eigenvalue weighted by Gasteiger charge is -2.13. The van der Waals surface area contributed by atoms with Crippen molar-refractivity contribution in [3.05, 3.63) is 0 Å². The van der Waals surface area contributed by atoms with Crippen molar-refractivity contribution in [2.45, 2.75) is 30.6 Å². The molecule has 2 heterocycles. The van der Waals surface area contributed by atoms with Crippen molar-refractivity contribution in [1.82, 2.24) is 5.32 Å². The first-order valence-corrected chi connectivity index (χ1v) is 4.39. The van der Waals surface area contributed by atoms with Crippen molar-refractivity contribution in [3.63, 3.8) is 0 Å².